The van der Waals surface area contributed by atoms with Gasteiger partial charge in [-0.05, 0) is 48.0 Å². The largest absolute Gasteiger partial charge is 0.467 e. The van der Waals surface area contributed by atoms with Gasteiger partial charge in [-0.25, -0.2) is 9.37 Å². The molecule has 2 aromatic heterocycles. The number of rotatable bonds is 7. The Kier molecular flexibility index (Phi) is 5.74. The number of pyridine rings is 1. The van der Waals surface area contributed by atoms with Gasteiger partial charge < -0.3 is 19.4 Å². The van der Waals surface area contributed by atoms with Crippen molar-refractivity contribution in [3.63, 3.8) is 0 Å². The van der Waals surface area contributed by atoms with E-state index in [-0.39, 0.29) is 30.6 Å². The Hall–Kier alpha value is -3.68. The third-order valence-corrected chi connectivity index (χ3v) is 4.81. The van der Waals surface area contributed by atoms with Crippen LogP contribution in [0.4, 0.5) is 4.39 Å². The van der Waals surface area contributed by atoms with Crippen LogP contribution in [-0.4, -0.2) is 28.2 Å². The quantitative estimate of drug-likeness (QED) is 0.647. The summed E-state index contributed by atoms with van der Waals surface area (Å²) in [6, 6.07) is 12.7. The summed E-state index contributed by atoms with van der Waals surface area (Å²) in [6.45, 7) is 1.01. The zero-order valence-electron chi connectivity index (χ0n) is 16.1. The van der Waals surface area contributed by atoms with E-state index < -0.39 is 5.92 Å². The number of aromatic nitrogens is 1. The average molecular weight is 409 g/mol. The molecular formula is C22H20FN3O4. The van der Waals surface area contributed by atoms with Crippen molar-refractivity contribution in [1.29, 1.82) is 0 Å². The van der Waals surface area contributed by atoms with E-state index in [1.165, 1.54) is 24.3 Å². The Morgan fingerprint density at radius 3 is 2.87 bits per heavy atom. The Balaban J connectivity index is 1.30. The third kappa shape index (κ3) is 4.83. The molecule has 1 aliphatic rings. The van der Waals surface area contributed by atoms with Crippen molar-refractivity contribution >= 4 is 11.8 Å². The van der Waals surface area contributed by atoms with Crippen LogP contribution in [0.25, 0.3) is 0 Å². The highest BCUT2D eigenvalue weighted by atomic mass is 19.1. The molecule has 30 heavy (non-hydrogen) atoms. The van der Waals surface area contributed by atoms with E-state index in [4.69, 9.17) is 9.15 Å². The van der Waals surface area contributed by atoms with E-state index in [1.54, 1.807) is 41.6 Å². The van der Waals surface area contributed by atoms with Gasteiger partial charge in [-0.3, -0.25) is 9.59 Å². The fourth-order valence-corrected chi connectivity index (χ4v) is 3.26. The van der Waals surface area contributed by atoms with E-state index in [2.05, 4.69) is 10.3 Å². The van der Waals surface area contributed by atoms with Crippen molar-refractivity contribution in [1.82, 2.24) is 15.2 Å². The highest BCUT2D eigenvalue weighted by Crippen LogP contribution is 2.22. The van der Waals surface area contributed by atoms with Gasteiger partial charge in [-0.2, -0.15) is 0 Å². The first-order valence-electron chi connectivity index (χ1n) is 9.53. The van der Waals surface area contributed by atoms with Gasteiger partial charge >= 0.3 is 0 Å². The molecular weight excluding hydrogens is 389 g/mol. The zero-order chi connectivity index (χ0) is 20.9. The van der Waals surface area contributed by atoms with Crippen molar-refractivity contribution in [3.05, 3.63) is 78.1 Å². The lowest BCUT2D eigenvalue weighted by Crippen LogP contribution is -2.32. The van der Waals surface area contributed by atoms with Crippen LogP contribution >= 0.6 is 0 Å². The molecule has 0 bridgehead atoms. The van der Waals surface area contributed by atoms with Crippen LogP contribution < -0.4 is 10.1 Å². The van der Waals surface area contributed by atoms with Gasteiger partial charge in [-0.15, -0.1) is 0 Å². The van der Waals surface area contributed by atoms with Gasteiger partial charge in [-0.1, -0.05) is 0 Å². The molecule has 154 valence electrons. The van der Waals surface area contributed by atoms with E-state index in [0.717, 1.165) is 5.56 Å². The monoisotopic (exact) mass is 409 g/mol. The predicted molar refractivity (Wildman–Crippen MR) is 105 cm³/mol. The minimum Gasteiger partial charge on any atom is -0.467 e. The highest BCUT2D eigenvalue weighted by Gasteiger charge is 2.34. The molecule has 1 aliphatic heterocycles. The Morgan fingerprint density at radius 1 is 1.27 bits per heavy atom. The maximum Gasteiger partial charge on any atom is 0.225 e. The minimum atomic E-state index is -0.399. The van der Waals surface area contributed by atoms with E-state index >= 15 is 0 Å². The van der Waals surface area contributed by atoms with Gasteiger partial charge in [0.05, 0.1) is 18.7 Å². The van der Waals surface area contributed by atoms with E-state index in [9.17, 15) is 14.0 Å². The fourth-order valence-electron chi connectivity index (χ4n) is 3.26. The number of ether oxygens (including phenoxy) is 1. The van der Waals surface area contributed by atoms with E-state index in [1.807, 2.05) is 0 Å². The number of furan rings is 1. The second kappa shape index (κ2) is 8.77. The SMILES string of the molecule is O=C(NCc1ccnc(Oc2ccc(F)cc2)c1)C1CC(=O)N(Cc2ccco2)C1. The molecule has 1 fully saturated rings. The second-order valence-electron chi connectivity index (χ2n) is 7.03. The van der Waals surface area contributed by atoms with Gasteiger partial charge in [0.1, 0.15) is 17.3 Å². The molecule has 3 aromatic rings. The summed E-state index contributed by atoms with van der Waals surface area (Å²) in [5.74, 6) is 0.507. The number of amides is 2. The summed E-state index contributed by atoms with van der Waals surface area (Å²) in [4.78, 5) is 30.5. The molecule has 2 amide bonds. The molecule has 3 heterocycles. The summed E-state index contributed by atoms with van der Waals surface area (Å²) in [5.41, 5.74) is 0.798. The lowest BCUT2D eigenvalue weighted by Gasteiger charge is -2.15. The number of carbonyl (C=O) groups excluding carboxylic acids is 2. The normalized spacial score (nSPS) is 16.0. The van der Waals surface area contributed by atoms with Crippen LogP contribution in [0.2, 0.25) is 0 Å². The lowest BCUT2D eigenvalue weighted by molar-refractivity contribution is -0.129. The third-order valence-electron chi connectivity index (χ3n) is 4.81. The number of hydrogen-bond donors (Lipinski definition) is 1. The predicted octanol–water partition coefficient (Wildman–Crippen LogP) is 3.27. The molecule has 0 spiro atoms. The summed E-state index contributed by atoms with van der Waals surface area (Å²) >= 11 is 0. The van der Waals surface area contributed by atoms with Crippen molar-refractivity contribution < 1.29 is 23.1 Å². The minimum absolute atomic E-state index is 0.0644. The maximum atomic E-state index is 13.0. The number of halogens is 1. The molecule has 1 aromatic carbocycles. The van der Waals surface area contributed by atoms with Crippen LogP contribution in [-0.2, 0) is 22.7 Å². The molecule has 0 radical (unpaired) electrons. The van der Waals surface area contributed by atoms with Crippen molar-refractivity contribution in [2.45, 2.75) is 19.5 Å². The first kappa shape index (κ1) is 19.6. The number of likely N-dealkylation sites (tertiary alicyclic amines) is 1. The highest BCUT2D eigenvalue weighted by molar-refractivity contribution is 5.89. The Morgan fingerprint density at radius 2 is 2.10 bits per heavy atom. The number of benzene rings is 1. The van der Waals surface area contributed by atoms with Gasteiger partial charge in [0, 0.05) is 31.8 Å². The molecule has 8 heteroatoms. The number of nitrogens with zero attached hydrogens (tertiary/aromatic N) is 2. The maximum absolute atomic E-state index is 13.0. The molecule has 1 unspecified atom stereocenters. The van der Waals surface area contributed by atoms with Crippen molar-refractivity contribution in [2.24, 2.45) is 5.92 Å². The fraction of sp³-hybridized carbons (Fsp3) is 0.227. The molecule has 1 atom stereocenters. The number of hydrogen-bond acceptors (Lipinski definition) is 5. The summed E-state index contributed by atoms with van der Waals surface area (Å²) in [5, 5.41) is 2.87. The Bertz CT molecular complexity index is 1020. The molecule has 4 rings (SSSR count). The van der Waals surface area contributed by atoms with Gasteiger partial charge in [0.15, 0.2) is 0 Å². The van der Waals surface area contributed by atoms with Gasteiger partial charge in [0.2, 0.25) is 17.7 Å². The van der Waals surface area contributed by atoms with Crippen molar-refractivity contribution in [2.75, 3.05) is 6.54 Å². The summed E-state index contributed by atoms with van der Waals surface area (Å²) < 4.78 is 23.9. The Labute approximate surface area is 172 Å². The number of nitrogens with one attached hydrogen (secondary N) is 1. The molecule has 1 N–H and O–H groups in total. The molecule has 1 saturated heterocycles. The average Bonchev–Trinajstić information content (AvgIpc) is 3.39. The lowest BCUT2D eigenvalue weighted by atomic mass is 10.1. The summed E-state index contributed by atoms with van der Waals surface area (Å²) in [6.07, 6.45) is 3.31. The second-order valence-corrected chi connectivity index (χ2v) is 7.03. The molecule has 7 nitrogen and oxygen atoms in total. The van der Waals surface area contributed by atoms with Crippen LogP contribution in [0.1, 0.15) is 17.7 Å². The van der Waals surface area contributed by atoms with Crippen molar-refractivity contribution in [3.8, 4) is 11.6 Å². The van der Waals surface area contributed by atoms with Crippen LogP contribution in [0, 0.1) is 11.7 Å². The zero-order valence-corrected chi connectivity index (χ0v) is 16.1. The topological polar surface area (TPSA) is 84.7 Å². The summed E-state index contributed by atoms with van der Waals surface area (Å²) in [7, 11) is 0. The van der Waals surface area contributed by atoms with Crippen LogP contribution in [0.15, 0.2) is 65.4 Å². The smallest absolute Gasteiger partial charge is 0.225 e. The number of carbonyl (C=O) groups is 2. The molecule has 0 aliphatic carbocycles. The van der Waals surface area contributed by atoms with Gasteiger partial charge in [0.25, 0.3) is 0 Å². The first-order valence-corrected chi connectivity index (χ1v) is 9.53. The first-order chi connectivity index (χ1) is 14.6. The standard InChI is InChI=1S/C22H20FN3O4/c23-17-3-5-18(6-4-17)30-20-10-15(7-8-24-20)12-25-22(28)16-11-21(27)26(13-16)14-19-2-1-9-29-19/h1-10,16H,11-14H2,(H,25,28). The van der Waals surface area contributed by atoms with E-state index in [0.29, 0.717) is 30.5 Å². The van der Waals surface area contributed by atoms with Crippen LogP contribution in [0.3, 0.4) is 0 Å². The van der Waals surface area contributed by atoms with Crippen LogP contribution in [0.5, 0.6) is 11.6 Å². The molecule has 0 saturated carbocycles.